The largest absolute Gasteiger partial charge is 0.492 e. The second-order valence-electron chi connectivity index (χ2n) is 4.60. The van der Waals surface area contributed by atoms with Crippen molar-refractivity contribution >= 4 is 27.5 Å². The molecule has 0 aliphatic rings. The number of halogens is 1. The highest BCUT2D eigenvalue weighted by molar-refractivity contribution is 9.10. The van der Waals surface area contributed by atoms with Crippen molar-refractivity contribution in [2.24, 2.45) is 0 Å². The molecular formula is C16H17BrN2O2. The molecule has 0 radical (unpaired) electrons. The maximum atomic E-state index is 12.3. The molecule has 0 bridgehead atoms. The Bertz CT molecular complexity index is 617. The maximum Gasteiger partial charge on any atom is 0.254 e. The Morgan fingerprint density at radius 3 is 2.62 bits per heavy atom. The summed E-state index contributed by atoms with van der Waals surface area (Å²) in [6.07, 6.45) is 0. The predicted molar refractivity (Wildman–Crippen MR) is 87.5 cm³/mol. The van der Waals surface area contributed by atoms with E-state index >= 15 is 0 Å². The van der Waals surface area contributed by atoms with Crippen LogP contribution in [0.1, 0.15) is 10.4 Å². The van der Waals surface area contributed by atoms with Crippen molar-refractivity contribution < 1.29 is 9.53 Å². The molecule has 21 heavy (non-hydrogen) atoms. The molecule has 0 aromatic heterocycles. The van der Waals surface area contributed by atoms with Crippen molar-refractivity contribution in [1.82, 2.24) is 4.90 Å². The van der Waals surface area contributed by atoms with E-state index < -0.39 is 0 Å². The second kappa shape index (κ2) is 7.13. The van der Waals surface area contributed by atoms with Crippen LogP contribution < -0.4 is 10.5 Å². The average Bonchev–Trinajstić information content (AvgIpc) is 2.50. The quantitative estimate of drug-likeness (QED) is 0.844. The standard InChI is InChI=1S/C16H17BrN2O2/c1-19(10-11-21-12-6-3-2-4-7-12)16(20)13-8-5-9-14(18)15(13)17/h2-9H,10-11,18H2,1H3. The molecule has 0 heterocycles. The molecule has 5 heteroatoms. The SMILES string of the molecule is CN(CCOc1ccccc1)C(=O)c1cccc(N)c1Br. The number of likely N-dealkylation sites (N-methyl/N-ethyl adjacent to an activating group) is 1. The van der Waals surface area contributed by atoms with Gasteiger partial charge in [-0.25, -0.2) is 0 Å². The number of amides is 1. The van der Waals surface area contributed by atoms with Crippen LogP contribution in [0.4, 0.5) is 5.69 Å². The van der Waals surface area contributed by atoms with Gasteiger partial charge in [0, 0.05) is 12.7 Å². The first kappa shape index (κ1) is 15.4. The van der Waals surface area contributed by atoms with E-state index in [1.54, 1.807) is 30.1 Å². The number of ether oxygens (including phenoxy) is 1. The highest BCUT2D eigenvalue weighted by Gasteiger charge is 2.15. The van der Waals surface area contributed by atoms with Gasteiger partial charge in [0.05, 0.1) is 16.6 Å². The van der Waals surface area contributed by atoms with E-state index in [-0.39, 0.29) is 5.91 Å². The smallest absolute Gasteiger partial charge is 0.254 e. The van der Waals surface area contributed by atoms with Crippen LogP contribution in [0.2, 0.25) is 0 Å². The minimum atomic E-state index is -0.0918. The Kier molecular flexibility index (Phi) is 5.22. The first-order chi connectivity index (χ1) is 10.1. The molecule has 0 aliphatic heterocycles. The fraction of sp³-hybridized carbons (Fsp3) is 0.188. The van der Waals surface area contributed by atoms with Gasteiger partial charge in [0.25, 0.3) is 5.91 Å². The summed E-state index contributed by atoms with van der Waals surface area (Å²) < 4.78 is 6.22. The van der Waals surface area contributed by atoms with Gasteiger partial charge >= 0.3 is 0 Å². The number of para-hydroxylation sites is 1. The molecule has 2 rings (SSSR count). The van der Waals surface area contributed by atoms with Crippen LogP contribution in [-0.2, 0) is 0 Å². The second-order valence-corrected chi connectivity index (χ2v) is 5.39. The zero-order valence-electron chi connectivity index (χ0n) is 11.8. The summed E-state index contributed by atoms with van der Waals surface area (Å²) in [5.74, 6) is 0.703. The number of anilines is 1. The summed E-state index contributed by atoms with van der Waals surface area (Å²) in [5, 5.41) is 0. The molecule has 2 aromatic carbocycles. The molecule has 0 saturated carbocycles. The van der Waals surface area contributed by atoms with Gasteiger partial charge in [0.15, 0.2) is 0 Å². The summed E-state index contributed by atoms with van der Waals surface area (Å²) in [6, 6.07) is 14.8. The predicted octanol–water partition coefficient (Wildman–Crippen LogP) is 3.18. The number of carbonyl (C=O) groups excluding carboxylic acids is 1. The minimum Gasteiger partial charge on any atom is -0.492 e. The molecule has 0 aliphatic carbocycles. The van der Waals surface area contributed by atoms with E-state index in [1.165, 1.54) is 0 Å². The first-order valence-corrected chi connectivity index (χ1v) is 7.36. The molecule has 0 fully saturated rings. The van der Waals surface area contributed by atoms with E-state index in [0.717, 1.165) is 5.75 Å². The van der Waals surface area contributed by atoms with E-state index in [0.29, 0.717) is 28.9 Å². The molecule has 2 N–H and O–H groups in total. The molecule has 1 amide bonds. The third-order valence-electron chi connectivity index (χ3n) is 3.04. The van der Waals surface area contributed by atoms with Crippen molar-refractivity contribution in [3.05, 3.63) is 58.6 Å². The fourth-order valence-corrected chi connectivity index (χ4v) is 2.27. The summed E-state index contributed by atoms with van der Waals surface area (Å²) >= 11 is 3.35. The number of nitrogen functional groups attached to an aromatic ring is 1. The van der Waals surface area contributed by atoms with Gasteiger partial charge in [-0.05, 0) is 40.2 Å². The number of rotatable bonds is 5. The number of hydrogen-bond donors (Lipinski definition) is 1. The topological polar surface area (TPSA) is 55.6 Å². The van der Waals surface area contributed by atoms with Crippen molar-refractivity contribution in [3.8, 4) is 5.75 Å². The van der Waals surface area contributed by atoms with Crippen LogP contribution >= 0.6 is 15.9 Å². The Morgan fingerprint density at radius 1 is 1.19 bits per heavy atom. The van der Waals surface area contributed by atoms with Crippen LogP contribution in [-0.4, -0.2) is 31.0 Å². The molecule has 2 aromatic rings. The molecular weight excluding hydrogens is 332 g/mol. The summed E-state index contributed by atoms with van der Waals surface area (Å²) in [5.41, 5.74) is 6.90. The van der Waals surface area contributed by atoms with Crippen molar-refractivity contribution in [1.29, 1.82) is 0 Å². The van der Waals surface area contributed by atoms with Crippen molar-refractivity contribution in [3.63, 3.8) is 0 Å². The van der Waals surface area contributed by atoms with Crippen molar-refractivity contribution in [2.75, 3.05) is 25.9 Å². The normalized spacial score (nSPS) is 10.2. The molecule has 0 saturated heterocycles. The molecule has 0 spiro atoms. The first-order valence-electron chi connectivity index (χ1n) is 6.57. The highest BCUT2D eigenvalue weighted by atomic mass is 79.9. The van der Waals surface area contributed by atoms with E-state index in [9.17, 15) is 4.79 Å². The number of carbonyl (C=O) groups is 1. The minimum absolute atomic E-state index is 0.0918. The Labute approximate surface area is 132 Å². The monoisotopic (exact) mass is 348 g/mol. The molecule has 110 valence electrons. The van der Waals surface area contributed by atoms with Gasteiger partial charge in [0.1, 0.15) is 12.4 Å². The number of benzene rings is 2. The van der Waals surface area contributed by atoms with Gasteiger partial charge in [0.2, 0.25) is 0 Å². The average molecular weight is 349 g/mol. The summed E-state index contributed by atoms with van der Waals surface area (Å²) in [7, 11) is 1.74. The number of hydrogen-bond acceptors (Lipinski definition) is 3. The Hall–Kier alpha value is -2.01. The number of nitrogens with zero attached hydrogens (tertiary/aromatic N) is 1. The van der Waals surface area contributed by atoms with Crippen molar-refractivity contribution in [2.45, 2.75) is 0 Å². The zero-order valence-corrected chi connectivity index (χ0v) is 13.3. The molecule has 0 atom stereocenters. The van der Waals surface area contributed by atoms with E-state index in [2.05, 4.69) is 15.9 Å². The van der Waals surface area contributed by atoms with Crippen LogP contribution in [0.15, 0.2) is 53.0 Å². The van der Waals surface area contributed by atoms with Crippen LogP contribution in [0.3, 0.4) is 0 Å². The number of nitrogens with two attached hydrogens (primary N) is 1. The van der Waals surface area contributed by atoms with E-state index in [4.69, 9.17) is 10.5 Å². The van der Waals surface area contributed by atoms with Crippen LogP contribution in [0.25, 0.3) is 0 Å². The van der Waals surface area contributed by atoms with Gasteiger partial charge < -0.3 is 15.4 Å². The lowest BCUT2D eigenvalue weighted by Crippen LogP contribution is -2.31. The molecule has 4 nitrogen and oxygen atoms in total. The summed E-state index contributed by atoms with van der Waals surface area (Å²) in [4.78, 5) is 14.0. The molecule has 0 unspecified atom stereocenters. The van der Waals surface area contributed by atoms with Crippen LogP contribution in [0.5, 0.6) is 5.75 Å². The highest BCUT2D eigenvalue weighted by Crippen LogP contribution is 2.24. The zero-order chi connectivity index (χ0) is 15.2. The Balaban J connectivity index is 1.92. The Morgan fingerprint density at radius 2 is 1.90 bits per heavy atom. The lowest BCUT2D eigenvalue weighted by molar-refractivity contribution is 0.0773. The lowest BCUT2D eigenvalue weighted by Gasteiger charge is -2.18. The fourth-order valence-electron chi connectivity index (χ4n) is 1.84. The summed E-state index contributed by atoms with van der Waals surface area (Å²) in [6.45, 7) is 0.932. The maximum absolute atomic E-state index is 12.3. The van der Waals surface area contributed by atoms with Crippen LogP contribution in [0, 0.1) is 0 Å². The van der Waals surface area contributed by atoms with E-state index in [1.807, 2.05) is 30.3 Å². The third kappa shape index (κ3) is 3.98. The lowest BCUT2D eigenvalue weighted by atomic mass is 10.2. The van der Waals surface area contributed by atoms with Gasteiger partial charge in [-0.1, -0.05) is 24.3 Å². The van der Waals surface area contributed by atoms with Gasteiger partial charge in [-0.2, -0.15) is 0 Å². The van der Waals surface area contributed by atoms with Gasteiger partial charge in [-0.15, -0.1) is 0 Å². The third-order valence-corrected chi connectivity index (χ3v) is 3.93. The van der Waals surface area contributed by atoms with Gasteiger partial charge in [-0.3, -0.25) is 4.79 Å².